The molecule has 0 saturated heterocycles. The van der Waals surface area contributed by atoms with Gasteiger partial charge >= 0.3 is 0 Å². The largest absolute Gasteiger partial charge is 0.512 e. The predicted octanol–water partition coefficient (Wildman–Crippen LogP) is 20.8. The van der Waals surface area contributed by atoms with Gasteiger partial charge in [0.1, 0.15) is 11.5 Å². The van der Waals surface area contributed by atoms with Crippen molar-refractivity contribution in [3.63, 3.8) is 0 Å². The molecule has 452 valence electrons. The minimum absolute atomic E-state index is 0. The summed E-state index contributed by atoms with van der Waals surface area (Å²) in [4.78, 5) is 32.9. The van der Waals surface area contributed by atoms with Crippen LogP contribution < -0.4 is 0 Å². The number of aliphatic hydroxyl groups is 2. The van der Waals surface area contributed by atoms with Crippen LogP contribution in [0.1, 0.15) is 224 Å². The molecule has 4 aromatic carbocycles. The number of pyridine rings is 2. The van der Waals surface area contributed by atoms with Gasteiger partial charge in [-0.1, -0.05) is 222 Å². The topological polar surface area (TPSA) is 100 Å². The average Bonchev–Trinajstić information content (AvgIpc) is 3.39. The number of aliphatic hydroxyl groups excluding tert-OH is 2. The van der Waals surface area contributed by atoms with Crippen LogP contribution >= 0.6 is 0 Å². The minimum Gasteiger partial charge on any atom is -0.512 e. The van der Waals surface area contributed by atoms with E-state index in [9.17, 15) is 19.8 Å². The van der Waals surface area contributed by atoms with Crippen molar-refractivity contribution in [2.75, 3.05) is 0 Å². The van der Waals surface area contributed by atoms with Gasteiger partial charge < -0.3 is 10.2 Å². The van der Waals surface area contributed by atoms with Crippen LogP contribution in [0, 0.1) is 53.6 Å². The maximum Gasteiger partial charge on any atom is 0.164 e. The summed E-state index contributed by atoms with van der Waals surface area (Å²) in [5.74, 6) is 1.68. The molecule has 6 nitrogen and oxygen atoms in total. The molecule has 2 N–H and O–H groups in total. The number of carbonyl (C=O) groups excluding carboxylic acids is 2. The fraction of sp³-hybridized carbons (Fsp3) is 0.514. The zero-order valence-corrected chi connectivity index (χ0v) is 59.5. The molecule has 1 atom stereocenters. The molecular formula is C74H102Ir2N2O4-2. The summed E-state index contributed by atoms with van der Waals surface area (Å²) in [7, 11) is 0. The summed E-state index contributed by atoms with van der Waals surface area (Å²) in [6.07, 6.45) is 9.65. The molecule has 1 unspecified atom stereocenters. The zero-order chi connectivity index (χ0) is 60.7. The third-order valence-electron chi connectivity index (χ3n) is 15.0. The first-order chi connectivity index (χ1) is 36.4. The Labute approximate surface area is 524 Å². The smallest absolute Gasteiger partial charge is 0.164 e. The van der Waals surface area contributed by atoms with Crippen molar-refractivity contribution in [3.8, 4) is 22.5 Å². The van der Waals surface area contributed by atoms with Crippen LogP contribution in [-0.2, 0) is 66.0 Å². The number of ketones is 2. The van der Waals surface area contributed by atoms with Gasteiger partial charge in [0.15, 0.2) is 11.6 Å². The van der Waals surface area contributed by atoms with Gasteiger partial charge in [-0.05, 0) is 98.5 Å². The van der Waals surface area contributed by atoms with Crippen molar-refractivity contribution in [1.29, 1.82) is 0 Å². The molecule has 0 spiro atoms. The van der Waals surface area contributed by atoms with E-state index in [0.717, 1.165) is 45.0 Å². The number of benzene rings is 4. The predicted molar refractivity (Wildman–Crippen MR) is 342 cm³/mol. The van der Waals surface area contributed by atoms with Gasteiger partial charge in [-0.2, -0.15) is 0 Å². The molecular weight excluding hydrogens is 1370 g/mol. The number of allylic oxidation sites excluding steroid dienone is 4. The maximum absolute atomic E-state index is 11.5. The third-order valence-corrected chi connectivity index (χ3v) is 15.0. The van der Waals surface area contributed by atoms with Crippen LogP contribution in [0.5, 0.6) is 0 Å². The second kappa shape index (κ2) is 29.0. The van der Waals surface area contributed by atoms with Crippen molar-refractivity contribution in [3.05, 3.63) is 154 Å². The number of aromatic nitrogens is 2. The quantitative estimate of drug-likeness (QED) is 0.0979. The summed E-state index contributed by atoms with van der Waals surface area (Å²) in [6.45, 7) is 49.1. The molecule has 1 fully saturated rings. The zero-order valence-electron chi connectivity index (χ0n) is 54.7. The molecule has 2 aromatic heterocycles. The molecule has 2 heterocycles. The van der Waals surface area contributed by atoms with Crippen LogP contribution in [0.15, 0.2) is 109 Å². The number of fused-ring (bicyclic) bond motifs is 2. The van der Waals surface area contributed by atoms with Gasteiger partial charge in [0.25, 0.3) is 0 Å². The van der Waals surface area contributed by atoms with Crippen molar-refractivity contribution in [1.82, 2.24) is 9.97 Å². The molecule has 6 aromatic rings. The van der Waals surface area contributed by atoms with Gasteiger partial charge in [-0.25, -0.2) is 0 Å². The number of hydrogen-bond acceptors (Lipinski definition) is 6. The van der Waals surface area contributed by atoms with Gasteiger partial charge in [0, 0.05) is 74.0 Å². The Bertz CT molecular complexity index is 3110. The van der Waals surface area contributed by atoms with E-state index in [1.807, 2.05) is 83.1 Å². The van der Waals surface area contributed by atoms with Crippen LogP contribution in [0.3, 0.4) is 0 Å². The van der Waals surface area contributed by atoms with Gasteiger partial charge in [-0.3, -0.25) is 19.6 Å². The number of carbonyl (C=O) groups is 2. The SMILES string of the molecule is CC(C)(C)C(=O)C=C(O)C(C)(C)C.CC(C)(C)C(=O)C=C(O)C(C)(C)C.Cc1[c-]c(-c2ccc3cc(C(C)(C)C)ccc3n2)cc(C(C)(C)C)c1.Cc1[c-]c(-c2ccc3cc(C(C)C4CCCCC4)ccc3n2)cc(C(C)(C)C)c1.[Ir].[Ir]. The summed E-state index contributed by atoms with van der Waals surface area (Å²) >= 11 is 0. The van der Waals surface area contributed by atoms with Gasteiger partial charge in [0.05, 0.1) is 11.0 Å². The Kier molecular flexibility index (Phi) is 26.0. The first-order valence-electron chi connectivity index (χ1n) is 29.3. The molecule has 8 heteroatoms. The van der Waals surface area contributed by atoms with E-state index < -0.39 is 10.8 Å². The molecule has 1 saturated carbocycles. The molecule has 82 heavy (non-hydrogen) atoms. The standard InChI is InChI=1S/C28H34N.C24H28N.2C11H20O2.2Ir/c1-19-15-24(18-25(16-19)28(3,4)5)27-14-12-23-17-22(11-13-26(23)29-27)20(2)21-9-7-6-8-10-21;1-16-12-18(15-20(13-16)24(5,6)7)22-10-8-17-14-19(23(2,3)4)9-11-21(17)25-22;2*1-10(2,3)8(12)7-9(13)11(4,5)6;;/h11-14,16-18,20-21H,6-10H2,1-5H3;8-11,13-15H,1-7H3;2*7,12H,1-6H3;;/q2*-1;;;;. The van der Waals surface area contributed by atoms with Crippen LogP contribution in [0.4, 0.5) is 0 Å². The summed E-state index contributed by atoms with van der Waals surface area (Å²) in [5, 5.41) is 21.6. The van der Waals surface area contributed by atoms with E-state index in [4.69, 9.17) is 9.97 Å². The molecule has 0 aliphatic heterocycles. The second-order valence-electron chi connectivity index (χ2n) is 29.9. The van der Waals surface area contributed by atoms with E-state index in [1.54, 1.807) is 0 Å². The van der Waals surface area contributed by atoms with Crippen molar-refractivity contribution >= 4 is 33.4 Å². The summed E-state index contributed by atoms with van der Waals surface area (Å²) in [5.41, 5.74) is 13.0. The normalized spacial score (nSPS) is 14.4. The summed E-state index contributed by atoms with van der Waals surface area (Å²) in [6, 6.07) is 38.1. The van der Waals surface area contributed by atoms with E-state index in [0.29, 0.717) is 5.92 Å². The fourth-order valence-electron chi connectivity index (χ4n) is 8.91. The Morgan fingerprint density at radius 1 is 0.476 bits per heavy atom. The van der Waals surface area contributed by atoms with Crippen molar-refractivity contribution in [2.45, 2.75) is 220 Å². The molecule has 1 aliphatic carbocycles. The Hall–Kier alpha value is -4.58. The number of hydrogen-bond donors (Lipinski definition) is 2. The van der Waals surface area contributed by atoms with Crippen LogP contribution in [0.2, 0.25) is 0 Å². The molecule has 0 bridgehead atoms. The number of nitrogens with zero attached hydrogens (tertiary/aromatic N) is 2. The van der Waals surface area contributed by atoms with Gasteiger partial charge in [0.2, 0.25) is 0 Å². The first kappa shape index (κ1) is 73.5. The minimum atomic E-state index is -0.417. The average molecular weight is 1470 g/mol. The molecule has 0 amide bonds. The first-order valence-corrected chi connectivity index (χ1v) is 29.3. The molecule has 1 aliphatic rings. The number of aryl methyl sites for hydroxylation is 2. The van der Waals surface area contributed by atoms with Crippen molar-refractivity contribution < 1.29 is 60.0 Å². The maximum atomic E-state index is 11.5. The third kappa shape index (κ3) is 22.1. The van der Waals surface area contributed by atoms with Gasteiger partial charge in [-0.15, -0.1) is 69.8 Å². The van der Waals surface area contributed by atoms with E-state index in [-0.39, 0.29) is 90.4 Å². The Morgan fingerprint density at radius 3 is 1.20 bits per heavy atom. The molecule has 7 rings (SSSR count). The van der Waals surface area contributed by atoms with E-state index in [2.05, 4.69) is 180 Å². The fourth-order valence-corrected chi connectivity index (χ4v) is 8.91. The number of rotatable bonds is 6. The van der Waals surface area contributed by atoms with E-state index >= 15 is 0 Å². The Balaban J connectivity index is 0.000000394. The molecule has 2 radical (unpaired) electrons. The van der Waals surface area contributed by atoms with Crippen molar-refractivity contribution in [2.24, 2.45) is 27.6 Å². The van der Waals surface area contributed by atoms with Crippen LogP contribution in [-0.4, -0.2) is 31.7 Å². The monoisotopic (exact) mass is 1470 g/mol. The Morgan fingerprint density at radius 2 is 0.841 bits per heavy atom. The summed E-state index contributed by atoms with van der Waals surface area (Å²) < 4.78 is 0. The second-order valence-corrected chi connectivity index (χ2v) is 29.9. The van der Waals surface area contributed by atoms with E-state index in [1.165, 1.54) is 82.8 Å². The van der Waals surface area contributed by atoms with Crippen LogP contribution in [0.25, 0.3) is 44.3 Å².